The largest absolute Gasteiger partial charge is 0.346 e. The van der Waals surface area contributed by atoms with Crippen LogP contribution in [0.5, 0.6) is 0 Å². The SMILES string of the molecule is Cc1ccc(C)c(NC(=S)N2CCN(Cc3ccccc3C)CC2)c1. The Morgan fingerprint density at radius 3 is 2.40 bits per heavy atom. The molecular formula is C21H27N3S. The zero-order chi connectivity index (χ0) is 17.8. The van der Waals surface area contributed by atoms with Crippen molar-refractivity contribution >= 4 is 23.0 Å². The summed E-state index contributed by atoms with van der Waals surface area (Å²) in [5, 5.41) is 4.27. The van der Waals surface area contributed by atoms with Gasteiger partial charge in [0.05, 0.1) is 0 Å². The predicted octanol–water partition coefficient (Wildman–Crippen LogP) is 4.13. The van der Waals surface area contributed by atoms with Gasteiger partial charge >= 0.3 is 0 Å². The molecule has 3 nitrogen and oxygen atoms in total. The maximum atomic E-state index is 5.64. The highest BCUT2D eigenvalue weighted by Crippen LogP contribution is 2.18. The van der Waals surface area contributed by atoms with Gasteiger partial charge in [-0.1, -0.05) is 36.4 Å². The number of piperazine rings is 1. The molecule has 132 valence electrons. The molecule has 1 saturated heterocycles. The monoisotopic (exact) mass is 353 g/mol. The second-order valence-electron chi connectivity index (χ2n) is 6.94. The van der Waals surface area contributed by atoms with E-state index >= 15 is 0 Å². The number of hydrogen-bond donors (Lipinski definition) is 1. The fourth-order valence-corrected chi connectivity index (χ4v) is 3.49. The van der Waals surface area contributed by atoms with Crippen molar-refractivity contribution in [2.45, 2.75) is 27.3 Å². The summed E-state index contributed by atoms with van der Waals surface area (Å²) >= 11 is 5.64. The van der Waals surface area contributed by atoms with Gasteiger partial charge in [0.15, 0.2) is 5.11 Å². The minimum absolute atomic E-state index is 0.837. The second-order valence-corrected chi connectivity index (χ2v) is 7.32. The molecule has 4 heteroatoms. The average molecular weight is 354 g/mol. The van der Waals surface area contributed by atoms with E-state index in [2.05, 4.69) is 78.4 Å². The Hall–Kier alpha value is -1.91. The van der Waals surface area contributed by atoms with E-state index in [1.54, 1.807) is 0 Å². The van der Waals surface area contributed by atoms with Crippen molar-refractivity contribution in [3.63, 3.8) is 0 Å². The molecule has 25 heavy (non-hydrogen) atoms. The second kappa shape index (κ2) is 7.98. The van der Waals surface area contributed by atoms with Gasteiger partial charge in [0.1, 0.15) is 0 Å². The number of aryl methyl sites for hydroxylation is 3. The van der Waals surface area contributed by atoms with Crippen molar-refractivity contribution in [3.8, 4) is 0 Å². The molecule has 0 radical (unpaired) electrons. The molecule has 0 saturated carbocycles. The Morgan fingerprint density at radius 2 is 1.68 bits per heavy atom. The molecular weight excluding hydrogens is 326 g/mol. The van der Waals surface area contributed by atoms with E-state index in [0.29, 0.717) is 0 Å². The van der Waals surface area contributed by atoms with Crippen LogP contribution in [-0.4, -0.2) is 41.1 Å². The van der Waals surface area contributed by atoms with Crippen LogP contribution in [0.25, 0.3) is 0 Å². The fraction of sp³-hybridized carbons (Fsp3) is 0.381. The first kappa shape index (κ1) is 17.9. The minimum Gasteiger partial charge on any atom is -0.346 e. The number of benzene rings is 2. The molecule has 0 bridgehead atoms. The normalized spacial score (nSPS) is 15.2. The van der Waals surface area contributed by atoms with Gasteiger partial charge in [-0.25, -0.2) is 0 Å². The first-order chi connectivity index (χ1) is 12.0. The third-order valence-electron chi connectivity index (χ3n) is 4.95. The highest BCUT2D eigenvalue weighted by Gasteiger charge is 2.19. The molecule has 0 atom stereocenters. The molecule has 1 aliphatic heterocycles. The van der Waals surface area contributed by atoms with Gasteiger partial charge < -0.3 is 10.2 Å². The van der Waals surface area contributed by atoms with Crippen molar-refractivity contribution in [2.75, 3.05) is 31.5 Å². The highest BCUT2D eigenvalue weighted by atomic mass is 32.1. The lowest BCUT2D eigenvalue weighted by atomic mass is 10.1. The van der Waals surface area contributed by atoms with Gasteiger partial charge in [-0.05, 0) is 61.3 Å². The molecule has 0 aliphatic carbocycles. The maximum absolute atomic E-state index is 5.64. The van der Waals surface area contributed by atoms with Crippen LogP contribution in [0.3, 0.4) is 0 Å². The third kappa shape index (κ3) is 4.59. The van der Waals surface area contributed by atoms with E-state index in [1.165, 1.54) is 22.3 Å². The lowest BCUT2D eigenvalue weighted by Gasteiger charge is -2.36. The molecule has 1 fully saturated rings. The molecule has 2 aromatic rings. The highest BCUT2D eigenvalue weighted by molar-refractivity contribution is 7.80. The number of anilines is 1. The molecule has 0 spiro atoms. The smallest absolute Gasteiger partial charge is 0.173 e. The Bertz CT molecular complexity index is 749. The number of rotatable bonds is 3. The molecule has 3 rings (SSSR count). The summed E-state index contributed by atoms with van der Waals surface area (Å²) in [6, 6.07) is 15.1. The predicted molar refractivity (Wildman–Crippen MR) is 110 cm³/mol. The summed E-state index contributed by atoms with van der Waals surface area (Å²) in [7, 11) is 0. The zero-order valence-electron chi connectivity index (χ0n) is 15.4. The van der Waals surface area contributed by atoms with Crippen LogP contribution in [0.15, 0.2) is 42.5 Å². The summed E-state index contributed by atoms with van der Waals surface area (Å²) in [6.07, 6.45) is 0. The van der Waals surface area contributed by atoms with Gasteiger partial charge in [-0.15, -0.1) is 0 Å². The molecule has 1 aliphatic rings. The first-order valence-corrected chi connectivity index (χ1v) is 9.34. The third-order valence-corrected chi connectivity index (χ3v) is 5.31. The Kier molecular flexibility index (Phi) is 5.71. The fourth-order valence-electron chi connectivity index (χ4n) is 3.20. The zero-order valence-corrected chi connectivity index (χ0v) is 16.2. The Balaban J connectivity index is 1.54. The summed E-state index contributed by atoms with van der Waals surface area (Å²) in [5.74, 6) is 0. The van der Waals surface area contributed by atoms with Crippen LogP contribution >= 0.6 is 12.2 Å². The van der Waals surface area contributed by atoms with Crippen molar-refractivity contribution in [3.05, 3.63) is 64.7 Å². The number of nitrogens with zero attached hydrogens (tertiary/aromatic N) is 2. The van der Waals surface area contributed by atoms with Crippen LogP contribution in [0.2, 0.25) is 0 Å². The van der Waals surface area contributed by atoms with Crippen molar-refractivity contribution < 1.29 is 0 Å². The Labute approximate surface area is 156 Å². The lowest BCUT2D eigenvalue weighted by Crippen LogP contribution is -2.49. The number of thiocarbonyl (C=S) groups is 1. The van der Waals surface area contributed by atoms with Crippen LogP contribution in [-0.2, 0) is 6.54 Å². The number of hydrogen-bond acceptors (Lipinski definition) is 2. The van der Waals surface area contributed by atoms with E-state index in [4.69, 9.17) is 12.2 Å². The van der Waals surface area contributed by atoms with Gasteiger partial charge in [-0.3, -0.25) is 4.90 Å². The quantitative estimate of drug-likeness (QED) is 0.836. The molecule has 0 unspecified atom stereocenters. The summed E-state index contributed by atoms with van der Waals surface area (Å²) < 4.78 is 0. The van der Waals surface area contributed by atoms with Crippen LogP contribution in [0.1, 0.15) is 22.3 Å². The molecule has 2 aromatic carbocycles. The standard InChI is InChI=1S/C21H27N3S/c1-16-8-9-18(3)20(14-16)22-21(25)24-12-10-23(11-13-24)15-19-7-5-4-6-17(19)2/h4-9,14H,10-13,15H2,1-3H3,(H,22,25). The summed E-state index contributed by atoms with van der Waals surface area (Å²) in [6.45, 7) is 11.5. The van der Waals surface area contributed by atoms with Gasteiger partial charge in [-0.2, -0.15) is 0 Å². The van der Waals surface area contributed by atoms with E-state index in [9.17, 15) is 0 Å². The van der Waals surface area contributed by atoms with Gasteiger partial charge in [0, 0.05) is 38.4 Å². The molecule has 1 heterocycles. The Morgan fingerprint density at radius 1 is 0.960 bits per heavy atom. The van der Waals surface area contributed by atoms with E-state index in [0.717, 1.165) is 43.5 Å². The number of nitrogens with one attached hydrogen (secondary N) is 1. The van der Waals surface area contributed by atoms with Gasteiger partial charge in [0.25, 0.3) is 0 Å². The lowest BCUT2D eigenvalue weighted by molar-refractivity contribution is 0.176. The van der Waals surface area contributed by atoms with Crippen LogP contribution in [0.4, 0.5) is 5.69 Å². The summed E-state index contributed by atoms with van der Waals surface area (Å²) in [4.78, 5) is 4.80. The van der Waals surface area contributed by atoms with E-state index < -0.39 is 0 Å². The van der Waals surface area contributed by atoms with E-state index in [-0.39, 0.29) is 0 Å². The van der Waals surface area contributed by atoms with Crippen LogP contribution < -0.4 is 5.32 Å². The first-order valence-electron chi connectivity index (χ1n) is 8.93. The molecule has 1 N–H and O–H groups in total. The maximum Gasteiger partial charge on any atom is 0.173 e. The van der Waals surface area contributed by atoms with Crippen LogP contribution in [0, 0.1) is 20.8 Å². The average Bonchev–Trinajstić information content (AvgIpc) is 2.61. The minimum atomic E-state index is 0.837. The van der Waals surface area contributed by atoms with Gasteiger partial charge in [0.2, 0.25) is 0 Å². The molecule has 0 aromatic heterocycles. The summed E-state index contributed by atoms with van der Waals surface area (Å²) in [5.41, 5.74) is 6.39. The van der Waals surface area contributed by atoms with E-state index in [1.807, 2.05) is 0 Å². The molecule has 0 amide bonds. The van der Waals surface area contributed by atoms with Crippen molar-refractivity contribution in [1.82, 2.24) is 9.80 Å². The van der Waals surface area contributed by atoms with Crippen molar-refractivity contribution in [1.29, 1.82) is 0 Å². The topological polar surface area (TPSA) is 18.5 Å². The van der Waals surface area contributed by atoms with Crippen molar-refractivity contribution in [2.24, 2.45) is 0 Å².